The Kier molecular flexibility index (Phi) is 8.72. The number of carbonyl (C=O) groups is 2. The number of ether oxygens (including phenoxy) is 1. The monoisotopic (exact) mass is 587 g/mol. The van der Waals surface area contributed by atoms with Gasteiger partial charge in [0.25, 0.3) is 5.56 Å². The van der Waals surface area contributed by atoms with E-state index in [1.165, 1.54) is 11.2 Å². The van der Waals surface area contributed by atoms with Gasteiger partial charge in [0.05, 0.1) is 11.3 Å². The first-order valence-corrected chi connectivity index (χ1v) is 16.3. The minimum atomic E-state index is -3.36. The van der Waals surface area contributed by atoms with E-state index in [4.69, 9.17) is 4.74 Å². The lowest BCUT2D eigenvalue weighted by Gasteiger charge is -2.39. The third kappa shape index (κ3) is 6.44. The first-order chi connectivity index (χ1) is 19.5. The van der Waals surface area contributed by atoms with Crippen molar-refractivity contribution in [3.8, 4) is 5.75 Å². The number of carbonyl (C=O) groups excluding carboxylic acids is 2. The zero-order valence-corrected chi connectivity index (χ0v) is 24.9. The molecule has 12 heteroatoms. The van der Waals surface area contributed by atoms with Crippen LogP contribution in [0.25, 0.3) is 10.9 Å². The second-order valence-corrected chi connectivity index (χ2v) is 13.8. The third-order valence-electron chi connectivity index (χ3n) is 8.73. The normalized spacial score (nSPS) is 23.7. The molecule has 2 aromatic rings. The van der Waals surface area contributed by atoms with Crippen LogP contribution in [-0.4, -0.2) is 95.7 Å². The Hall–Kier alpha value is -2.96. The Balaban J connectivity index is 1.13. The van der Waals surface area contributed by atoms with Crippen LogP contribution in [0.4, 0.5) is 4.79 Å². The molecule has 1 aromatic heterocycles. The van der Waals surface area contributed by atoms with E-state index in [1.807, 2.05) is 38.1 Å². The molecule has 1 N–H and O–H groups in total. The van der Waals surface area contributed by atoms with E-state index in [0.29, 0.717) is 39.1 Å². The lowest BCUT2D eigenvalue weighted by molar-refractivity contribution is -0.129. The van der Waals surface area contributed by atoms with Crippen LogP contribution in [0, 0.1) is 0 Å². The van der Waals surface area contributed by atoms with Gasteiger partial charge in [-0.25, -0.2) is 13.2 Å². The molecular formula is C29H41N5O6S. The van der Waals surface area contributed by atoms with Crippen LogP contribution < -0.4 is 15.6 Å². The van der Waals surface area contributed by atoms with Crippen LogP contribution in [0.5, 0.6) is 5.75 Å². The Bertz CT molecular complexity index is 1440. The number of para-hydroxylation sites is 1. The molecule has 0 unspecified atom stereocenters. The smallest absolute Gasteiger partial charge is 0.404 e. The highest BCUT2D eigenvalue weighted by Gasteiger charge is 2.41. The Morgan fingerprint density at radius 1 is 1.05 bits per heavy atom. The molecule has 224 valence electrons. The van der Waals surface area contributed by atoms with Crippen molar-refractivity contribution in [3.63, 3.8) is 0 Å². The predicted molar refractivity (Wildman–Crippen MR) is 157 cm³/mol. The van der Waals surface area contributed by atoms with Crippen LogP contribution in [0.2, 0.25) is 0 Å². The van der Waals surface area contributed by atoms with Crippen LogP contribution in [0.3, 0.4) is 0 Å². The predicted octanol–water partition coefficient (Wildman–Crippen LogP) is 2.55. The highest BCUT2D eigenvalue weighted by molar-refractivity contribution is 7.89. The van der Waals surface area contributed by atoms with Crippen LogP contribution in [-0.2, 0) is 14.8 Å². The van der Waals surface area contributed by atoms with Crippen molar-refractivity contribution in [2.75, 3.05) is 38.5 Å². The number of benzene rings is 1. The van der Waals surface area contributed by atoms with Crippen molar-refractivity contribution in [1.82, 2.24) is 24.0 Å². The summed E-state index contributed by atoms with van der Waals surface area (Å²) in [7, 11) is -3.36. The molecule has 5 rings (SSSR count). The zero-order valence-electron chi connectivity index (χ0n) is 24.1. The third-order valence-corrected chi connectivity index (χ3v) is 10.7. The van der Waals surface area contributed by atoms with Crippen molar-refractivity contribution in [1.29, 1.82) is 0 Å². The second-order valence-electron chi connectivity index (χ2n) is 11.7. The molecule has 0 saturated carbocycles. The Morgan fingerprint density at radius 2 is 1.71 bits per heavy atom. The maximum absolute atomic E-state index is 13.1. The number of piperidine rings is 1. The van der Waals surface area contributed by atoms with Crippen LogP contribution in [0.1, 0.15) is 58.9 Å². The fourth-order valence-electron chi connectivity index (χ4n) is 6.74. The molecule has 0 aliphatic carbocycles. The lowest BCUT2D eigenvalue weighted by atomic mass is 9.97. The standard InChI is InChI=1S/C29H41N5O6S/c1-20(2)34-26-8-5-4-7-22(26)17-27(28(34)36)40-29(37)30-23-18-24-9-10-25(19-23)33(24)11-6-16-41(38,39)32-14-12-31(13-15-32)21(3)35/h4-5,7-8,17,20,23-25H,6,9-16,18-19H2,1-3H3,(H,30,37)/t23-,24-,25+. The molecule has 2 amide bonds. The highest BCUT2D eigenvalue weighted by atomic mass is 32.2. The first kappa shape index (κ1) is 29.5. The van der Waals surface area contributed by atoms with Crippen molar-refractivity contribution >= 4 is 32.9 Å². The van der Waals surface area contributed by atoms with Crippen molar-refractivity contribution in [3.05, 3.63) is 40.7 Å². The summed E-state index contributed by atoms with van der Waals surface area (Å²) in [6, 6.07) is 9.57. The molecule has 4 heterocycles. The zero-order chi connectivity index (χ0) is 29.3. The van der Waals surface area contributed by atoms with E-state index in [1.54, 1.807) is 15.5 Å². The Morgan fingerprint density at radius 3 is 2.34 bits per heavy atom. The molecular weight excluding hydrogens is 546 g/mol. The van der Waals surface area contributed by atoms with Gasteiger partial charge in [-0.2, -0.15) is 4.31 Å². The van der Waals surface area contributed by atoms with E-state index in [0.717, 1.165) is 36.6 Å². The van der Waals surface area contributed by atoms with Gasteiger partial charge in [-0.3, -0.25) is 14.5 Å². The number of piperazine rings is 1. The number of nitrogens with one attached hydrogen (secondary N) is 1. The summed E-state index contributed by atoms with van der Waals surface area (Å²) < 4.78 is 34.5. The van der Waals surface area contributed by atoms with Gasteiger partial charge in [0.1, 0.15) is 0 Å². The summed E-state index contributed by atoms with van der Waals surface area (Å²) in [4.78, 5) is 41.6. The van der Waals surface area contributed by atoms with E-state index in [9.17, 15) is 22.8 Å². The fraction of sp³-hybridized carbons (Fsp3) is 0.621. The summed E-state index contributed by atoms with van der Waals surface area (Å²) in [5, 5.41) is 3.81. The molecule has 3 aliphatic heterocycles. The number of hydrogen-bond donors (Lipinski definition) is 1. The number of nitrogens with zero attached hydrogens (tertiary/aromatic N) is 4. The second kappa shape index (κ2) is 12.1. The molecule has 11 nitrogen and oxygen atoms in total. The van der Waals surface area contributed by atoms with E-state index in [2.05, 4.69) is 10.2 Å². The summed E-state index contributed by atoms with van der Waals surface area (Å²) in [5.41, 5.74) is 0.465. The highest BCUT2D eigenvalue weighted by Crippen LogP contribution is 2.36. The Labute approximate surface area is 241 Å². The van der Waals surface area contributed by atoms with Gasteiger partial charge in [-0.1, -0.05) is 18.2 Å². The first-order valence-electron chi connectivity index (χ1n) is 14.6. The number of aromatic nitrogens is 1. The minimum Gasteiger partial charge on any atom is -0.404 e. The maximum atomic E-state index is 13.1. The number of sulfonamides is 1. The minimum absolute atomic E-state index is 0.0132. The maximum Gasteiger partial charge on any atom is 0.413 e. The molecule has 1 aromatic carbocycles. The molecule has 3 fully saturated rings. The van der Waals surface area contributed by atoms with Crippen molar-refractivity contribution in [2.45, 2.75) is 77.0 Å². The SMILES string of the molecule is CC(=O)N1CCN(S(=O)(=O)CCCN2[C@@H]3CC[C@H]2C[C@H](NC(=O)Oc2cc4ccccc4n(C(C)C)c2=O)C3)CC1. The molecule has 0 radical (unpaired) electrons. The number of fused-ring (bicyclic) bond motifs is 3. The average molecular weight is 588 g/mol. The fourth-order valence-corrected chi connectivity index (χ4v) is 8.21. The molecule has 3 saturated heterocycles. The topological polar surface area (TPSA) is 121 Å². The number of rotatable bonds is 8. The van der Waals surface area contributed by atoms with Gasteiger partial charge >= 0.3 is 6.09 Å². The van der Waals surface area contributed by atoms with Gasteiger partial charge < -0.3 is 19.5 Å². The van der Waals surface area contributed by atoms with Crippen LogP contribution >= 0.6 is 0 Å². The summed E-state index contributed by atoms with van der Waals surface area (Å²) >= 11 is 0. The van der Waals surface area contributed by atoms with Gasteiger partial charge in [-0.05, 0) is 64.6 Å². The van der Waals surface area contributed by atoms with Gasteiger partial charge in [0, 0.05) is 62.7 Å². The van der Waals surface area contributed by atoms with Gasteiger partial charge in [0.2, 0.25) is 15.9 Å². The molecule has 3 aliphatic rings. The van der Waals surface area contributed by atoms with Gasteiger partial charge in [0.15, 0.2) is 5.75 Å². The summed E-state index contributed by atoms with van der Waals surface area (Å²) in [6.07, 6.45) is 3.48. The lowest BCUT2D eigenvalue weighted by Crippen LogP contribution is -2.52. The molecule has 41 heavy (non-hydrogen) atoms. The van der Waals surface area contributed by atoms with Crippen molar-refractivity contribution < 1.29 is 22.7 Å². The quantitative estimate of drug-likeness (QED) is 0.504. The van der Waals surface area contributed by atoms with Crippen LogP contribution in [0.15, 0.2) is 35.1 Å². The number of amides is 2. The molecule has 0 spiro atoms. The molecule has 2 bridgehead atoms. The summed E-state index contributed by atoms with van der Waals surface area (Å²) in [6.45, 7) is 7.64. The van der Waals surface area contributed by atoms with E-state index < -0.39 is 16.1 Å². The van der Waals surface area contributed by atoms with Crippen molar-refractivity contribution in [2.24, 2.45) is 0 Å². The summed E-state index contributed by atoms with van der Waals surface area (Å²) in [5.74, 6) is 0.0856. The average Bonchev–Trinajstić information content (AvgIpc) is 3.16. The number of hydrogen-bond acceptors (Lipinski definition) is 7. The van der Waals surface area contributed by atoms with Gasteiger partial charge in [-0.15, -0.1) is 0 Å². The largest absolute Gasteiger partial charge is 0.413 e. The van der Waals surface area contributed by atoms with E-state index >= 15 is 0 Å². The van der Waals surface area contributed by atoms with E-state index in [-0.39, 0.29) is 47.1 Å². The number of pyridine rings is 1. The molecule has 3 atom stereocenters.